The van der Waals surface area contributed by atoms with E-state index in [4.69, 9.17) is 5.73 Å². The summed E-state index contributed by atoms with van der Waals surface area (Å²) in [4.78, 5) is 15.9. The molecule has 2 unspecified atom stereocenters. The Kier molecular flexibility index (Phi) is 5.21. The van der Waals surface area contributed by atoms with Crippen LogP contribution in [0.25, 0.3) is 0 Å². The van der Waals surface area contributed by atoms with Gasteiger partial charge >= 0.3 is 0 Å². The number of primary amides is 1. The Morgan fingerprint density at radius 1 is 1.57 bits per heavy atom. The first-order chi connectivity index (χ1) is 10.7. The number of halogens is 1. The summed E-state index contributed by atoms with van der Waals surface area (Å²) in [6.07, 6.45) is 1.55. The van der Waals surface area contributed by atoms with Gasteiger partial charge in [-0.1, -0.05) is 0 Å². The minimum Gasteiger partial charge on any atom is -0.391 e. The number of aliphatic hydroxyl groups excluding tert-OH is 1. The largest absolute Gasteiger partial charge is 0.391 e. The Morgan fingerprint density at radius 2 is 2.26 bits per heavy atom. The van der Waals surface area contributed by atoms with Crippen molar-refractivity contribution >= 4 is 11.6 Å². The highest BCUT2D eigenvalue weighted by Gasteiger charge is 2.30. The lowest BCUT2D eigenvalue weighted by Gasteiger charge is -2.24. The molecule has 1 aromatic heterocycles. The molecule has 0 saturated heterocycles. The molecule has 1 heterocycles. The minimum absolute atomic E-state index is 0.110. The number of nitrogens with two attached hydrogens (primary N) is 1. The van der Waals surface area contributed by atoms with E-state index in [0.29, 0.717) is 12.1 Å². The first-order valence-electron chi connectivity index (χ1n) is 7.79. The fraction of sp³-hybridized carbons (Fsp3) is 0.625. The maximum Gasteiger partial charge on any atom is 0.252 e. The molecule has 0 radical (unpaired) electrons. The highest BCUT2D eigenvalue weighted by atomic mass is 19.1. The van der Waals surface area contributed by atoms with E-state index in [-0.39, 0.29) is 23.7 Å². The predicted octanol–water partition coefficient (Wildman–Crippen LogP) is 1.16. The van der Waals surface area contributed by atoms with Crippen LogP contribution in [0.5, 0.6) is 0 Å². The smallest absolute Gasteiger partial charge is 0.252 e. The van der Waals surface area contributed by atoms with Crippen molar-refractivity contribution in [1.82, 2.24) is 4.98 Å². The van der Waals surface area contributed by atoms with Gasteiger partial charge in [0.15, 0.2) is 0 Å². The van der Waals surface area contributed by atoms with Crippen LogP contribution < -0.4 is 11.1 Å². The average molecular weight is 325 g/mol. The van der Waals surface area contributed by atoms with Crippen molar-refractivity contribution in [3.05, 3.63) is 23.5 Å². The first kappa shape index (κ1) is 17.6. The van der Waals surface area contributed by atoms with E-state index in [1.165, 1.54) is 20.0 Å². The van der Waals surface area contributed by atoms with Gasteiger partial charge in [0.2, 0.25) is 0 Å². The van der Waals surface area contributed by atoms with Crippen LogP contribution in [0.3, 0.4) is 0 Å². The third-order valence-electron chi connectivity index (χ3n) is 4.24. The molecule has 1 saturated carbocycles. The van der Waals surface area contributed by atoms with Crippen LogP contribution in [-0.4, -0.2) is 45.0 Å². The van der Waals surface area contributed by atoms with Gasteiger partial charge in [-0.15, -0.1) is 0 Å². The standard InChI is InChI=1S/C16H24FN3O3/c1-16(2,23)13(17)8-11-14(15(18)22)10(6-7-19-11)20-9-4-3-5-12(9)21/h6-7,9,12-13,21,23H,3-5,8H2,1-2H3,(H2,18,22)(H,19,20)/t9?,12?,13-/m1/s1. The maximum absolute atomic E-state index is 14.1. The lowest BCUT2D eigenvalue weighted by Crippen LogP contribution is -2.35. The Bertz CT molecular complexity index is 552. The highest BCUT2D eigenvalue weighted by molar-refractivity contribution is 5.99. The van der Waals surface area contributed by atoms with E-state index in [0.717, 1.165) is 12.8 Å². The van der Waals surface area contributed by atoms with Gasteiger partial charge in [-0.25, -0.2) is 4.39 Å². The number of aliphatic hydroxyl groups is 2. The lowest BCUT2D eigenvalue weighted by atomic mass is 9.96. The van der Waals surface area contributed by atoms with Crippen molar-refractivity contribution in [2.45, 2.75) is 63.4 Å². The van der Waals surface area contributed by atoms with E-state index >= 15 is 0 Å². The Balaban J connectivity index is 2.29. The summed E-state index contributed by atoms with van der Waals surface area (Å²) in [6.45, 7) is 2.72. The third-order valence-corrected chi connectivity index (χ3v) is 4.24. The SMILES string of the molecule is CC(C)(O)[C@H](F)Cc1nccc(NC2CCCC2O)c1C(N)=O. The lowest BCUT2D eigenvalue weighted by molar-refractivity contribution is -0.00307. The van der Waals surface area contributed by atoms with Gasteiger partial charge in [0.25, 0.3) is 5.91 Å². The zero-order chi connectivity index (χ0) is 17.2. The maximum atomic E-state index is 14.1. The van der Waals surface area contributed by atoms with Crippen molar-refractivity contribution in [2.24, 2.45) is 5.73 Å². The zero-order valence-corrected chi connectivity index (χ0v) is 13.4. The Hall–Kier alpha value is -1.73. The summed E-state index contributed by atoms with van der Waals surface area (Å²) >= 11 is 0. The van der Waals surface area contributed by atoms with Crippen LogP contribution in [0.2, 0.25) is 0 Å². The van der Waals surface area contributed by atoms with Crippen molar-refractivity contribution in [1.29, 1.82) is 0 Å². The van der Waals surface area contributed by atoms with E-state index in [1.54, 1.807) is 6.07 Å². The Morgan fingerprint density at radius 3 is 2.78 bits per heavy atom. The number of pyridine rings is 1. The average Bonchev–Trinajstić information content (AvgIpc) is 2.83. The fourth-order valence-electron chi connectivity index (χ4n) is 2.78. The van der Waals surface area contributed by atoms with Gasteiger partial charge in [0, 0.05) is 12.6 Å². The number of hydrogen-bond acceptors (Lipinski definition) is 5. The highest BCUT2D eigenvalue weighted by Crippen LogP contribution is 2.27. The van der Waals surface area contributed by atoms with Crippen molar-refractivity contribution in [2.75, 3.05) is 5.32 Å². The molecule has 1 aromatic rings. The van der Waals surface area contributed by atoms with E-state index < -0.39 is 23.8 Å². The molecule has 5 N–H and O–H groups in total. The number of anilines is 1. The number of carbonyl (C=O) groups is 1. The molecule has 1 aliphatic carbocycles. The van der Waals surface area contributed by atoms with Gasteiger partial charge in [0.05, 0.1) is 34.7 Å². The zero-order valence-electron chi connectivity index (χ0n) is 13.4. The molecule has 7 heteroatoms. The molecule has 1 aliphatic rings. The summed E-state index contributed by atoms with van der Waals surface area (Å²) in [6, 6.07) is 1.42. The second kappa shape index (κ2) is 6.80. The molecule has 1 fully saturated rings. The van der Waals surface area contributed by atoms with Crippen molar-refractivity contribution in [3.63, 3.8) is 0 Å². The number of nitrogens with one attached hydrogen (secondary N) is 1. The number of carbonyl (C=O) groups excluding carboxylic acids is 1. The molecule has 128 valence electrons. The van der Waals surface area contributed by atoms with Crippen LogP contribution >= 0.6 is 0 Å². The predicted molar refractivity (Wildman–Crippen MR) is 84.9 cm³/mol. The molecule has 3 atom stereocenters. The van der Waals surface area contributed by atoms with Gasteiger partial charge in [-0.05, 0) is 39.2 Å². The van der Waals surface area contributed by atoms with Gasteiger partial charge in [0.1, 0.15) is 6.17 Å². The molecular weight excluding hydrogens is 301 g/mol. The number of nitrogens with zero attached hydrogens (tertiary/aromatic N) is 1. The summed E-state index contributed by atoms with van der Waals surface area (Å²) in [5.41, 5.74) is 4.65. The van der Waals surface area contributed by atoms with Crippen LogP contribution in [0.1, 0.15) is 49.2 Å². The minimum atomic E-state index is -1.58. The molecule has 1 amide bonds. The second-order valence-electron chi connectivity index (χ2n) is 6.62. The summed E-state index contributed by atoms with van der Waals surface area (Å²) < 4.78 is 14.1. The quantitative estimate of drug-likeness (QED) is 0.627. The number of amides is 1. The number of hydrogen-bond donors (Lipinski definition) is 4. The third kappa shape index (κ3) is 4.17. The molecule has 2 rings (SSSR count). The summed E-state index contributed by atoms with van der Waals surface area (Å²) in [5.74, 6) is -0.717. The molecule has 23 heavy (non-hydrogen) atoms. The van der Waals surface area contributed by atoms with E-state index in [1.807, 2.05) is 0 Å². The monoisotopic (exact) mass is 325 g/mol. The summed E-state index contributed by atoms with van der Waals surface area (Å²) in [7, 11) is 0. The van der Waals surface area contributed by atoms with Crippen LogP contribution in [0, 0.1) is 0 Å². The molecular formula is C16H24FN3O3. The molecule has 6 nitrogen and oxygen atoms in total. The van der Waals surface area contributed by atoms with E-state index in [9.17, 15) is 19.4 Å². The van der Waals surface area contributed by atoms with Gasteiger partial charge < -0.3 is 21.3 Å². The van der Waals surface area contributed by atoms with E-state index in [2.05, 4.69) is 10.3 Å². The second-order valence-corrected chi connectivity index (χ2v) is 6.62. The fourth-order valence-corrected chi connectivity index (χ4v) is 2.78. The van der Waals surface area contributed by atoms with Gasteiger partial charge in [-0.2, -0.15) is 0 Å². The topological polar surface area (TPSA) is 108 Å². The molecule has 0 spiro atoms. The summed E-state index contributed by atoms with van der Waals surface area (Å²) in [5, 5.41) is 22.8. The Labute approximate surface area is 134 Å². The van der Waals surface area contributed by atoms with Crippen LogP contribution in [0.4, 0.5) is 10.1 Å². The van der Waals surface area contributed by atoms with Crippen LogP contribution in [0.15, 0.2) is 12.3 Å². The first-order valence-corrected chi connectivity index (χ1v) is 7.79. The number of alkyl halides is 1. The molecule has 0 aliphatic heterocycles. The normalized spacial score (nSPS) is 22.8. The van der Waals surface area contributed by atoms with Crippen molar-refractivity contribution < 1.29 is 19.4 Å². The molecule has 0 aromatic carbocycles. The van der Waals surface area contributed by atoms with Gasteiger partial charge in [-0.3, -0.25) is 9.78 Å². The molecule has 0 bridgehead atoms. The van der Waals surface area contributed by atoms with Crippen LogP contribution in [-0.2, 0) is 6.42 Å². The number of rotatable bonds is 6. The van der Waals surface area contributed by atoms with Crippen molar-refractivity contribution in [3.8, 4) is 0 Å². The number of aromatic nitrogens is 1.